The van der Waals surface area contributed by atoms with Crippen molar-refractivity contribution in [3.8, 4) is 5.69 Å². The maximum atomic E-state index is 11.3. The van der Waals surface area contributed by atoms with Gasteiger partial charge in [-0.1, -0.05) is 43.1 Å². The first kappa shape index (κ1) is 15.6. The van der Waals surface area contributed by atoms with Gasteiger partial charge in [0.2, 0.25) is 0 Å². The largest absolute Gasteiger partial charge is 0.476 e. The van der Waals surface area contributed by atoms with E-state index in [1.807, 2.05) is 34.6 Å². The summed E-state index contributed by atoms with van der Waals surface area (Å²) in [5.74, 6) is -1.04. The number of halogens is 1. The SMILES string of the molecule is Cc1cc(C)c(-n2nc(C(=O)O)c(Cl)c2C(C)C)c(C)c1. The number of rotatable bonds is 3. The van der Waals surface area contributed by atoms with Gasteiger partial charge in [-0.25, -0.2) is 9.48 Å². The van der Waals surface area contributed by atoms with Crippen LogP contribution in [0.15, 0.2) is 12.1 Å². The third-order valence-electron chi connectivity index (χ3n) is 3.46. The van der Waals surface area contributed by atoms with Gasteiger partial charge in [0.05, 0.1) is 16.4 Å². The summed E-state index contributed by atoms with van der Waals surface area (Å²) >= 11 is 6.24. The highest BCUT2D eigenvalue weighted by atomic mass is 35.5. The molecule has 0 aliphatic carbocycles. The maximum Gasteiger partial charge on any atom is 0.358 e. The van der Waals surface area contributed by atoms with Crippen LogP contribution >= 0.6 is 11.6 Å². The number of aromatic carboxylic acids is 1. The molecule has 0 spiro atoms. The zero-order valence-corrected chi connectivity index (χ0v) is 13.6. The average Bonchev–Trinajstić information content (AvgIpc) is 2.65. The molecule has 0 aliphatic heterocycles. The first-order valence-corrected chi connectivity index (χ1v) is 7.21. The van der Waals surface area contributed by atoms with Gasteiger partial charge in [0.15, 0.2) is 5.69 Å². The Morgan fingerprint density at radius 3 is 2.19 bits per heavy atom. The van der Waals surface area contributed by atoms with Crippen LogP contribution < -0.4 is 0 Å². The zero-order valence-electron chi connectivity index (χ0n) is 12.9. The molecular weight excluding hydrogens is 288 g/mol. The molecule has 4 nitrogen and oxygen atoms in total. The molecule has 1 N–H and O–H groups in total. The van der Waals surface area contributed by atoms with Crippen molar-refractivity contribution < 1.29 is 9.90 Å². The van der Waals surface area contributed by atoms with Gasteiger partial charge in [-0.15, -0.1) is 0 Å². The predicted octanol–water partition coefficient (Wildman–Crippen LogP) is 4.27. The third-order valence-corrected chi connectivity index (χ3v) is 3.83. The first-order valence-electron chi connectivity index (χ1n) is 6.84. The van der Waals surface area contributed by atoms with Crippen LogP contribution in [0.25, 0.3) is 5.69 Å². The van der Waals surface area contributed by atoms with Gasteiger partial charge in [-0.05, 0) is 37.8 Å². The van der Waals surface area contributed by atoms with Crippen LogP contribution in [0.3, 0.4) is 0 Å². The van der Waals surface area contributed by atoms with Crippen molar-refractivity contribution in [2.75, 3.05) is 0 Å². The van der Waals surface area contributed by atoms with Crippen LogP contribution in [0, 0.1) is 20.8 Å². The van der Waals surface area contributed by atoms with E-state index >= 15 is 0 Å². The summed E-state index contributed by atoms with van der Waals surface area (Å²) in [4.78, 5) is 11.3. The van der Waals surface area contributed by atoms with E-state index in [1.165, 1.54) is 0 Å². The fourth-order valence-corrected chi connectivity index (χ4v) is 3.14. The molecule has 1 aromatic carbocycles. The second-order valence-electron chi connectivity index (χ2n) is 5.67. The highest BCUT2D eigenvalue weighted by molar-refractivity contribution is 6.34. The number of carbonyl (C=O) groups is 1. The Bertz CT molecular complexity index is 694. The molecule has 2 aromatic rings. The summed E-state index contributed by atoms with van der Waals surface area (Å²) in [5, 5.41) is 13.7. The van der Waals surface area contributed by atoms with E-state index in [0.717, 1.165) is 28.1 Å². The van der Waals surface area contributed by atoms with Crippen molar-refractivity contribution in [3.63, 3.8) is 0 Å². The number of aryl methyl sites for hydroxylation is 3. The van der Waals surface area contributed by atoms with Crippen molar-refractivity contribution in [2.24, 2.45) is 0 Å². The van der Waals surface area contributed by atoms with Crippen LogP contribution in [0.5, 0.6) is 0 Å². The minimum absolute atomic E-state index is 0.0678. The van der Waals surface area contributed by atoms with E-state index < -0.39 is 5.97 Å². The molecule has 0 aliphatic rings. The van der Waals surface area contributed by atoms with E-state index in [4.69, 9.17) is 11.6 Å². The summed E-state index contributed by atoms with van der Waals surface area (Å²) in [6.07, 6.45) is 0. The van der Waals surface area contributed by atoms with Crippen LogP contribution in [0.4, 0.5) is 0 Å². The molecule has 0 saturated carbocycles. The standard InChI is InChI=1S/C16H19ClN2O2/c1-8(2)14-12(17)13(16(20)21)18-19(14)15-10(4)6-9(3)7-11(15)5/h6-8H,1-5H3,(H,20,21). The highest BCUT2D eigenvalue weighted by Gasteiger charge is 2.25. The van der Waals surface area contributed by atoms with Gasteiger partial charge in [-0.3, -0.25) is 0 Å². The molecule has 1 aromatic heterocycles. The van der Waals surface area contributed by atoms with Crippen LogP contribution in [0.1, 0.15) is 52.6 Å². The monoisotopic (exact) mass is 306 g/mol. The highest BCUT2D eigenvalue weighted by Crippen LogP contribution is 2.32. The second kappa shape index (κ2) is 5.53. The van der Waals surface area contributed by atoms with Crippen LogP contribution in [-0.4, -0.2) is 20.9 Å². The Labute approximate surface area is 129 Å². The normalized spacial score (nSPS) is 11.2. The Hall–Kier alpha value is -1.81. The van der Waals surface area contributed by atoms with Crippen molar-refractivity contribution in [1.82, 2.24) is 9.78 Å². The fourth-order valence-electron chi connectivity index (χ4n) is 2.72. The van der Waals surface area contributed by atoms with Crippen LogP contribution in [0.2, 0.25) is 5.02 Å². The average molecular weight is 307 g/mol. The summed E-state index contributed by atoms with van der Waals surface area (Å²) in [7, 11) is 0. The first-order chi connectivity index (χ1) is 9.73. The minimum atomic E-state index is -1.11. The second-order valence-corrected chi connectivity index (χ2v) is 6.04. The number of carboxylic acids is 1. The smallest absolute Gasteiger partial charge is 0.358 e. The lowest BCUT2D eigenvalue weighted by Gasteiger charge is -2.16. The molecule has 0 fully saturated rings. The zero-order chi connectivity index (χ0) is 15.9. The van der Waals surface area contributed by atoms with Gasteiger partial charge in [-0.2, -0.15) is 5.10 Å². The summed E-state index contributed by atoms with van der Waals surface area (Å²) in [6, 6.07) is 4.12. The lowest BCUT2D eigenvalue weighted by molar-refractivity contribution is 0.0690. The van der Waals surface area contributed by atoms with Gasteiger partial charge in [0.1, 0.15) is 0 Å². The maximum absolute atomic E-state index is 11.3. The van der Waals surface area contributed by atoms with Crippen LogP contribution in [-0.2, 0) is 0 Å². The molecule has 0 bridgehead atoms. The molecule has 2 rings (SSSR count). The lowest BCUT2D eigenvalue weighted by Crippen LogP contribution is -2.08. The van der Waals surface area contributed by atoms with E-state index in [-0.39, 0.29) is 16.6 Å². The van der Waals surface area contributed by atoms with Gasteiger partial charge in [0, 0.05) is 0 Å². The Balaban J connectivity index is 2.81. The number of hydrogen-bond donors (Lipinski definition) is 1. The number of nitrogens with zero attached hydrogens (tertiary/aromatic N) is 2. The molecule has 21 heavy (non-hydrogen) atoms. The molecule has 0 atom stereocenters. The van der Waals surface area contributed by atoms with Gasteiger partial charge >= 0.3 is 5.97 Å². The van der Waals surface area contributed by atoms with E-state index in [9.17, 15) is 9.90 Å². The Kier molecular flexibility index (Phi) is 4.10. The van der Waals surface area contributed by atoms with E-state index in [1.54, 1.807) is 4.68 Å². The lowest BCUT2D eigenvalue weighted by atomic mass is 10.0. The van der Waals surface area contributed by atoms with Gasteiger partial charge in [0.25, 0.3) is 0 Å². The molecule has 0 amide bonds. The number of carboxylic acid groups (broad SMARTS) is 1. The van der Waals surface area contributed by atoms with Crippen molar-refractivity contribution in [3.05, 3.63) is 45.2 Å². The number of aromatic nitrogens is 2. The topological polar surface area (TPSA) is 55.1 Å². The number of hydrogen-bond acceptors (Lipinski definition) is 2. The molecule has 0 unspecified atom stereocenters. The molecular formula is C16H19ClN2O2. The summed E-state index contributed by atoms with van der Waals surface area (Å²) < 4.78 is 1.68. The third kappa shape index (κ3) is 2.68. The van der Waals surface area contributed by atoms with Crippen molar-refractivity contribution in [1.29, 1.82) is 0 Å². The van der Waals surface area contributed by atoms with Gasteiger partial charge < -0.3 is 5.11 Å². The Morgan fingerprint density at radius 2 is 1.76 bits per heavy atom. The number of benzene rings is 1. The molecule has 112 valence electrons. The van der Waals surface area contributed by atoms with Crippen molar-refractivity contribution >= 4 is 17.6 Å². The quantitative estimate of drug-likeness (QED) is 0.921. The Morgan fingerprint density at radius 1 is 1.24 bits per heavy atom. The van der Waals surface area contributed by atoms with Crippen molar-refractivity contribution in [2.45, 2.75) is 40.5 Å². The summed E-state index contributed by atoms with van der Waals surface area (Å²) in [5.41, 5.74) is 4.79. The van der Waals surface area contributed by atoms with E-state index in [2.05, 4.69) is 17.2 Å². The fraction of sp³-hybridized carbons (Fsp3) is 0.375. The predicted molar refractivity (Wildman–Crippen MR) is 83.8 cm³/mol. The minimum Gasteiger partial charge on any atom is -0.476 e. The molecule has 0 saturated heterocycles. The molecule has 0 radical (unpaired) electrons. The molecule has 1 heterocycles. The molecule has 5 heteroatoms. The van der Waals surface area contributed by atoms with E-state index in [0.29, 0.717) is 0 Å². The summed E-state index contributed by atoms with van der Waals surface area (Å²) in [6.45, 7) is 9.98.